The third kappa shape index (κ3) is 6.16. The summed E-state index contributed by atoms with van der Waals surface area (Å²) < 4.78 is 14.8. The fourth-order valence-corrected chi connectivity index (χ4v) is 3.97. The van der Waals surface area contributed by atoms with Gasteiger partial charge in [-0.3, -0.25) is 9.48 Å². The molecule has 0 spiro atoms. The van der Waals surface area contributed by atoms with Gasteiger partial charge in [-0.25, -0.2) is 4.39 Å². The quantitative estimate of drug-likeness (QED) is 0.701. The summed E-state index contributed by atoms with van der Waals surface area (Å²) in [6, 6.07) is 6.79. The van der Waals surface area contributed by atoms with Crippen molar-refractivity contribution in [1.82, 2.24) is 19.6 Å². The van der Waals surface area contributed by atoms with Crippen LogP contribution < -0.4 is 0 Å². The molecule has 0 radical (unpaired) electrons. The molecule has 3 rings (SSSR count). The highest BCUT2D eigenvalue weighted by Gasteiger charge is 2.22. The summed E-state index contributed by atoms with van der Waals surface area (Å²) in [6.07, 6.45) is 8.35. The number of amides is 1. The van der Waals surface area contributed by atoms with Gasteiger partial charge in [0.15, 0.2) is 0 Å². The second kappa shape index (κ2) is 9.82. The molecule has 0 unspecified atom stereocenters. The second-order valence-corrected chi connectivity index (χ2v) is 7.98. The Morgan fingerprint density at radius 2 is 2.04 bits per heavy atom. The van der Waals surface area contributed by atoms with Crippen molar-refractivity contribution in [2.75, 3.05) is 33.2 Å². The molecule has 1 amide bonds. The van der Waals surface area contributed by atoms with Crippen molar-refractivity contribution < 1.29 is 9.18 Å². The van der Waals surface area contributed by atoms with E-state index in [1.165, 1.54) is 30.5 Å². The number of likely N-dealkylation sites (tertiary alicyclic amines) is 1. The minimum Gasteiger partial charge on any atom is -0.345 e. The van der Waals surface area contributed by atoms with Crippen LogP contribution in [0.1, 0.15) is 30.4 Å². The van der Waals surface area contributed by atoms with Crippen LogP contribution in [0.2, 0.25) is 0 Å². The van der Waals surface area contributed by atoms with Gasteiger partial charge in [0, 0.05) is 46.3 Å². The van der Waals surface area contributed by atoms with Crippen molar-refractivity contribution in [1.29, 1.82) is 0 Å². The molecular weight excluding hydrogens is 355 g/mol. The van der Waals surface area contributed by atoms with Gasteiger partial charge in [0.05, 0.1) is 6.20 Å². The predicted octanol–water partition coefficient (Wildman–Crippen LogP) is 2.90. The van der Waals surface area contributed by atoms with Crippen LogP contribution >= 0.6 is 0 Å². The first kappa shape index (κ1) is 20.5. The number of halogens is 1. The monoisotopic (exact) mass is 386 g/mol. The van der Waals surface area contributed by atoms with E-state index in [1.807, 2.05) is 43.5 Å². The highest BCUT2D eigenvalue weighted by atomic mass is 19.1. The van der Waals surface area contributed by atoms with Crippen molar-refractivity contribution in [2.24, 2.45) is 13.0 Å². The van der Waals surface area contributed by atoms with E-state index < -0.39 is 0 Å². The first-order valence-corrected chi connectivity index (χ1v) is 10.2. The Labute approximate surface area is 167 Å². The SMILES string of the molecule is CN(C[C@H]1CCCN(CCc2ccc(F)cc2)C1)C(=O)CCc1cnn(C)c1. The van der Waals surface area contributed by atoms with Gasteiger partial charge in [-0.1, -0.05) is 12.1 Å². The molecule has 1 aliphatic rings. The summed E-state index contributed by atoms with van der Waals surface area (Å²) in [5, 5.41) is 4.15. The van der Waals surface area contributed by atoms with Crippen LogP contribution in [0.5, 0.6) is 0 Å². The van der Waals surface area contributed by atoms with Gasteiger partial charge in [0.1, 0.15) is 5.82 Å². The fourth-order valence-electron chi connectivity index (χ4n) is 3.97. The van der Waals surface area contributed by atoms with Crippen LogP contribution in [0.4, 0.5) is 4.39 Å². The lowest BCUT2D eigenvalue weighted by Gasteiger charge is -2.34. The van der Waals surface area contributed by atoms with Gasteiger partial charge < -0.3 is 9.80 Å². The third-order valence-electron chi connectivity index (χ3n) is 5.58. The van der Waals surface area contributed by atoms with Gasteiger partial charge in [0.2, 0.25) is 5.91 Å². The number of hydrogen-bond donors (Lipinski definition) is 0. The molecule has 1 aromatic heterocycles. The van der Waals surface area contributed by atoms with E-state index >= 15 is 0 Å². The number of piperidine rings is 1. The number of aromatic nitrogens is 2. The highest BCUT2D eigenvalue weighted by Crippen LogP contribution is 2.18. The standard InChI is InChI=1S/C22H31FN4O/c1-25(22(28)10-7-19-14-24-26(2)16-19)15-20-4-3-12-27(17-20)13-11-18-5-8-21(23)9-6-18/h5-6,8-9,14,16,20H,3-4,7,10-13,15,17H2,1-2H3/t20-/m1/s1. The minimum atomic E-state index is -0.182. The van der Waals surface area contributed by atoms with E-state index in [2.05, 4.69) is 10.00 Å². The molecule has 1 aliphatic heterocycles. The second-order valence-electron chi connectivity index (χ2n) is 7.98. The van der Waals surface area contributed by atoms with Gasteiger partial charge in [-0.2, -0.15) is 5.10 Å². The summed E-state index contributed by atoms with van der Waals surface area (Å²) in [7, 11) is 3.81. The molecule has 0 bridgehead atoms. The number of carbonyl (C=O) groups is 1. The van der Waals surface area contributed by atoms with E-state index in [1.54, 1.807) is 4.68 Å². The van der Waals surface area contributed by atoms with Crippen LogP contribution in [0.25, 0.3) is 0 Å². The first-order chi connectivity index (χ1) is 13.5. The number of hydrogen-bond acceptors (Lipinski definition) is 3. The molecule has 2 aromatic rings. The summed E-state index contributed by atoms with van der Waals surface area (Å²) >= 11 is 0. The molecule has 6 heteroatoms. The maximum atomic E-state index is 13.0. The van der Waals surface area contributed by atoms with Crippen molar-refractivity contribution in [2.45, 2.75) is 32.1 Å². The zero-order chi connectivity index (χ0) is 19.9. The molecule has 0 saturated carbocycles. The Morgan fingerprint density at radius 3 is 2.75 bits per heavy atom. The largest absolute Gasteiger partial charge is 0.345 e. The van der Waals surface area contributed by atoms with Crippen molar-refractivity contribution in [3.8, 4) is 0 Å². The maximum Gasteiger partial charge on any atom is 0.222 e. The number of carbonyl (C=O) groups excluding carboxylic acids is 1. The predicted molar refractivity (Wildman–Crippen MR) is 108 cm³/mol. The van der Waals surface area contributed by atoms with Gasteiger partial charge in [0.25, 0.3) is 0 Å². The third-order valence-corrected chi connectivity index (χ3v) is 5.58. The Morgan fingerprint density at radius 1 is 1.25 bits per heavy atom. The molecular formula is C22H31FN4O. The van der Waals surface area contributed by atoms with E-state index in [9.17, 15) is 9.18 Å². The lowest BCUT2D eigenvalue weighted by molar-refractivity contribution is -0.130. The van der Waals surface area contributed by atoms with E-state index in [0.717, 1.165) is 44.6 Å². The highest BCUT2D eigenvalue weighted by molar-refractivity contribution is 5.76. The van der Waals surface area contributed by atoms with Gasteiger partial charge in [-0.15, -0.1) is 0 Å². The molecule has 0 aliphatic carbocycles. The Bertz CT molecular complexity index is 758. The lowest BCUT2D eigenvalue weighted by atomic mass is 9.97. The summed E-state index contributed by atoms with van der Waals surface area (Å²) in [5.41, 5.74) is 2.28. The van der Waals surface area contributed by atoms with E-state index in [-0.39, 0.29) is 11.7 Å². The molecule has 152 valence electrons. The maximum absolute atomic E-state index is 13.0. The molecule has 28 heavy (non-hydrogen) atoms. The van der Waals surface area contributed by atoms with Gasteiger partial charge >= 0.3 is 0 Å². The molecule has 1 fully saturated rings. The number of nitrogens with zero attached hydrogens (tertiary/aromatic N) is 4. The number of benzene rings is 1. The van der Waals surface area contributed by atoms with Crippen LogP contribution in [-0.4, -0.2) is 58.7 Å². The molecule has 2 heterocycles. The van der Waals surface area contributed by atoms with Crippen molar-refractivity contribution >= 4 is 5.91 Å². The number of rotatable bonds is 8. The van der Waals surface area contributed by atoms with Crippen LogP contribution in [0, 0.1) is 11.7 Å². The summed E-state index contributed by atoms with van der Waals surface area (Å²) in [5.74, 6) is 0.541. The van der Waals surface area contributed by atoms with Crippen molar-refractivity contribution in [3.63, 3.8) is 0 Å². The Kier molecular flexibility index (Phi) is 7.20. The molecule has 0 N–H and O–H groups in total. The van der Waals surface area contributed by atoms with Crippen LogP contribution in [-0.2, 0) is 24.7 Å². The van der Waals surface area contributed by atoms with E-state index in [4.69, 9.17) is 0 Å². The zero-order valence-corrected chi connectivity index (χ0v) is 17.0. The van der Waals surface area contributed by atoms with E-state index in [0.29, 0.717) is 12.3 Å². The fraction of sp³-hybridized carbons (Fsp3) is 0.545. The normalized spacial score (nSPS) is 17.6. The molecule has 1 saturated heterocycles. The smallest absolute Gasteiger partial charge is 0.222 e. The average molecular weight is 387 g/mol. The molecule has 1 aromatic carbocycles. The zero-order valence-electron chi connectivity index (χ0n) is 17.0. The average Bonchev–Trinajstić information content (AvgIpc) is 3.11. The van der Waals surface area contributed by atoms with Crippen LogP contribution in [0.3, 0.4) is 0 Å². The van der Waals surface area contributed by atoms with Crippen LogP contribution in [0.15, 0.2) is 36.7 Å². The Balaban J connectivity index is 1.40. The summed E-state index contributed by atoms with van der Waals surface area (Å²) in [6.45, 7) is 3.94. The van der Waals surface area contributed by atoms with Crippen molar-refractivity contribution in [3.05, 3.63) is 53.6 Å². The molecule has 5 nitrogen and oxygen atoms in total. The number of aryl methyl sites for hydroxylation is 2. The summed E-state index contributed by atoms with van der Waals surface area (Å²) in [4.78, 5) is 16.8. The lowest BCUT2D eigenvalue weighted by Crippen LogP contribution is -2.42. The topological polar surface area (TPSA) is 41.4 Å². The Hall–Kier alpha value is -2.21. The minimum absolute atomic E-state index is 0.182. The first-order valence-electron chi connectivity index (χ1n) is 10.2. The molecule has 1 atom stereocenters. The van der Waals surface area contributed by atoms with Gasteiger partial charge in [-0.05, 0) is 61.4 Å².